The number of nitrogens with one attached hydrogen (secondary N) is 1. The number of aromatic nitrogens is 2. The summed E-state index contributed by atoms with van der Waals surface area (Å²) in [6.45, 7) is 0.00926. The van der Waals surface area contributed by atoms with E-state index in [0.717, 1.165) is 0 Å². The topological polar surface area (TPSA) is 137 Å². The van der Waals surface area contributed by atoms with Crippen molar-refractivity contribution in [3.63, 3.8) is 0 Å². The van der Waals surface area contributed by atoms with E-state index in [9.17, 15) is 14.9 Å². The fraction of sp³-hybridized carbons (Fsp3) is 0.100. The number of pyridine rings is 1. The average Bonchev–Trinajstić information content (AvgIpc) is 3.10. The molecular formula is C20H14ClN3O7. The molecule has 10 nitrogen and oxygen atoms in total. The van der Waals surface area contributed by atoms with Crippen LogP contribution in [0.25, 0.3) is 21.8 Å². The van der Waals surface area contributed by atoms with Crippen LogP contribution in [0.3, 0.4) is 0 Å². The molecule has 2 aromatic heterocycles. The number of benzene rings is 2. The lowest BCUT2D eigenvalue weighted by atomic mass is 10.1. The number of nitro benzene ring substituents is 1. The van der Waals surface area contributed by atoms with E-state index in [-0.39, 0.29) is 28.9 Å². The molecule has 0 radical (unpaired) electrons. The Morgan fingerprint density at radius 2 is 2.03 bits per heavy atom. The molecule has 0 spiro atoms. The summed E-state index contributed by atoms with van der Waals surface area (Å²) in [5, 5.41) is 21.8. The number of H-pyrrole nitrogens is 1. The molecule has 4 rings (SSSR count). The van der Waals surface area contributed by atoms with Gasteiger partial charge in [0.15, 0.2) is 0 Å². The molecule has 0 unspecified atom stereocenters. The number of aromatic amines is 1. The van der Waals surface area contributed by atoms with Crippen molar-refractivity contribution in [3.05, 3.63) is 63.3 Å². The highest BCUT2D eigenvalue weighted by atomic mass is 35.5. The van der Waals surface area contributed by atoms with E-state index in [4.69, 9.17) is 30.9 Å². The van der Waals surface area contributed by atoms with E-state index in [0.29, 0.717) is 33.1 Å². The van der Waals surface area contributed by atoms with Gasteiger partial charge in [0.1, 0.15) is 5.75 Å². The Hall–Kier alpha value is -3.89. The van der Waals surface area contributed by atoms with Crippen LogP contribution in [0.5, 0.6) is 17.4 Å². The zero-order valence-corrected chi connectivity index (χ0v) is 16.7. The number of nitrogens with zero attached hydrogens (tertiary/aromatic N) is 2. The molecule has 0 saturated heterocycles. The number of ether oxygens (including phenoxy) is 3. The second-order valence-corrected chi connectivity index (χ2v) is 6.84. The first-order chi connectivity index (χ1) is 14.9. The maximum absolute atomic E-state index is 11.4. The number of hydrogen-bond donors (Lipinski definition) is 2. The molecule has 2 N–H and O–H groups in total. The summed E-state index contributed by atoms with van der Waals surface area (Å²) in [4.78, 5) is 29.2. The first kappa shape index (κ1) is 20.4. The van der Waals surface area contributed by atoms with Crippen LogP contribution in [0.1, 0.15) is 5.56 Å². The van der Waals surface area contributed by atoms with Gasteiger partial charge in [0.05, 0.1) is 39.7 Å². The first-order valence-corrected chi connectivity index (χ1v) is 9.20. The number of methoxy groups -OCH3 is 1. The van der Waals surface area contributed by atoms with Crippen molar-refractivity contribution in [3.8, 4) is 17.4 Å². The fourth-order valence-corrected chi connectivity index (χ4v) is 3.49. The molecule has 11 heteroatoms. The third kappa shape index (κ3) is 3.81. The molecule has 0 amide bonds. The minimum Gasteiger partial charge on any atom is -0.449 e. The zero-order valence-electron chi connectivity index (χ0n) is 15.9. The van der Waals surface area contributed by atoms with Gasteiger partial charge in [0.25, 0.3) is 0 Å². The number of hydrogen-bond acceptors (Lipinski definition) is 7. The summed E-state index contributed by atoms with van der Waals surface area (Å²) in [7, 11) is 1.45. The van der Waals surface area contributed by atoms with E-state index >= 15 is 0 Å². The van der Waals surface area contributed by atoms with Crippen LogP contribution in [0.4, 0.5) is 10.5 Å². The number of halogens is 1. The third-order valence-electron chi connectivity index (χ3n) is 4.50. The lowest BCUT2D eigenvalue weighted by Crippen LogP contribution is -2.07. The van der Waals surface area contributed by atoms with E-state index in [1.165, 1.54) is 31.5 Å². The summed E-state index contributed by atoms with van der Waals surface area (Å²) in [6.07, 6.45) is -0.0846. The molecule has 158 valence electrons. The first-order valence-electron chi connectivity index (χ1n) is 8.82. The maximum Gasteiger partial charge on any atom is 0.512 e. The number of fused-ring (bicyclic) bond motifs is 3. The quantitative estimate of drug-likeness (QED) is 0.233. The molecule has 0 saturated carbocycles. The van der Waals surface area contributed by atoms with Crippen LogP contribution in [-0.4, -0.2) is 33.3 Å². The van der Waals surface area contributed by atoms with Crippen molar-refractivity contribution < 1.29 is 29.0 Å². The van der Waals surface area contributed by atoms with Gasteiger partial charge in [-0.2, -0.15) is 0 Å². The van der Waals surface area contributed by atoms with Gasteiger partial charge < -0.3 is 24.3 Å². The predicted molar refractivity (Wildman–Crippen MR) is 111 cm³/mol. The average molecular weight is 444 g/mol. The highest BCUT2D eigenvalue weighted by Gasteiger charge is 2.22. The van der Waals surface area contributed by atoms with Gasteiger partial charge in [-0.3, -0.25) is 10.1 Å². The molecule has 0 fully saturated rings. The molecule has 0 aliphatic heterocycles. The summed E-state index contributed by atoms with van der Waals surface area (Å²) < 4.78 is 16.0. The van der Waals surface area contributed by atoms with Crippen LogP contribution in [0.15, 0.2) is 42.6 Å². The molecule has 2 heterocycles. The van der Waals surface area contributed by atoms with Crippen molar-refractivity contribution in [1.29, 1.82) is 0 Å². The van der Waals surface area contributed by atoms with Gasteiger partial charge >= 0.3 is 11.8 Å². The predicted octanol–water partition coefficient (Wildman–Crippen LogP) is 5.27. The number of carbonyl (C=O) groups is 1. The Labute approximate surface area is 179 Å². The van der Waals surface area contributed by atoms with Crippen LogP contribution in [0.2, 0.25) is 5.02 Å². The van der Waals surface area contributed by atoms with Gasteiger partial charge in [-0.05, 0) is 24.3 Å². The SMILES string of the molecule is COCc1c(OC(=O)O)ncc2[nH]c3cccc(Oc4ccc(Cl)cc4[N+](=O)[O-])c3c12. The summed E-state index contributed by atoms with van der Waals surface area (Å²) in [5.41, 5.74) is 1.32. The van der Waals surface area contributed by atoms with Crippen LogP contribution in [0, 0.1) is 10.1 Å². The van der Waals surface area contributed by atoms with Crippen LogP contribution >= 0.6 is 11.6 Å². The molecule has 0 bridgehead atoms. The molecule has 0 aliphatic rings. The summed E-state index contributed by atoms with van der Waals surface area (Å²) in [5.74, 6) is 0.176. The Balaban J connectivity index is 1.96. The number of nitro groups is 1. The largest absolute Gasteiger partial charge is 0.512 e. The Kier molecular flexibility index (Phi) is 5.32. The number of rotatable bonds is 6. The Morgan fingerprint density at radius 1 is 1.23 bits per heavy atom. The number of carboxylic acid groups (broad SMARTS) is 1. The van der Waals surface area contributed by atoms with Crippen molar-refractivity contribution in [2.45, 2.75) is 6.61 Å². The Bertz CT molecular complexity index is 1340. The van der Waals surface area contributed by atoms with E-state index < -0.39 is 11.1 Å². The standard InChI is InChI=1S/C20H14ClN3O7/c1-29-9-11-17-13(8-22-19(11)31-20(25)26)23-12-3-2-4-16(18(12)17)30-15-6-5-10(21)7-14(15)24(27)28/h2-8,23H,9H2,1H3,(H,25,26). The lowest BCUT2D eigenvalue weighted by Gasteiger charge is -2.11. The van der Waals surface area contributed by atoms with Crippen molar-refractivity contribution >= 4 is 45.2 Å². The van der Waals surface area contributed by atoms with Crippen LogP contribution < -0.4 is 9.47 Å². The van der Waals surface area contributed by atoms with Crippen LogP contribution in [-0.2, 0) is 11.3 Å². The molecule has 0 atom stereocenters. The smallest absolute Gasteiger partial charge is 0.449 e. The minimum atomic E-state index is -1.52. The van der Waals surface area contributed by atoms with Gasteiger partial charge in [-0.25, -0.2) is 9.78 Å². The Morgan fingerprint density at radius 3 is 2.74 bits per heavy atom. The summed E-state index contributed by atoms with van der Waals surface area (Å²) in [6, 6.07) is 9.23. The highest BCUT2D eigenvalue weighted by Crippen LogP contribution is 2.41. The van der Waals surface area contributed by atoms with Gasteiger partial charge in [-0.1, -0.05) is 17.7 Å². The highest BCUT2D eigenvalue weighted by molar-refractivity contribution is 6.30. The zero-order chi connectivity index (χ0) is 22.1. The van der Waals surface area contributed by atoms with Crippen molar-refractivity contribution in [1.82, 2.24) is 9.97 Å². The van der Waals surface area contributed by atoms with E-state index in [2.05, 4.69) is 9.97 Å². The monoisotopic (exact) mass is 443 g/mol. The summed E-state index contributed by atoms with van der Waals surface area (Å²) >= 11 is 5.89. The minimum absolute atomic E-state index is 0.000562. The molecule has 2 aromatic carbocycles. The van der Waals surface area contributed by atoms with E-state index in [1.807, 2.05) is 0 Å². The molecular weight excluding hydrogens is 430 g/mol. The second-order valence-electron chi connectivity index (χ2n) is 6.41. The normalized spacial score (nSPS) is 11.0. The van der Waals surface area contributed by atoms with Gasteiger partial charge in [0, 0.05) is 23.6 Å². The molecule has 0 aliphatic carbocycles. The van der Waals surface area contributed by atoms with Gasteiger partial charge in [-0.15, -0.1) is 0 Å². The molecule has 31 heavy (non-hydrogen) atoms. The molecule has 4 aromatic rings. The fourth-order valence-electron chi connectivity index (χ4n) is 3.33. The third-order valence-corrected chi connectivity index (χ3v) is 4.73. The second kappa shape index (κ2) is 8.09. The van der Waals surface area contributed by atoms with E-state index in [1.54, 1.807) is 18.2 Å². The lowest BCUT2D eigenvalue weighted by molar-refractivity contribution is -0.385. The maximum atomic E-state index is 11.4. The van der Waals surface area contributed by atoms with Crippen molar-refractivity contribution in [2.75, 3.05) is 7.11 Å². The van der Waals surface area contributed by atoms with Crippen molar-refractivity contribution in [2.24, 2.45) is 0 Å². The van der Waals surface area contributed by atoms with Gasteiger partial charge in [0.2, 0.25) is 11.6 Å².